The van der Waals surface area contributed by atoms with Gasteiger partial charge in [-0.2, -0.15) is 0 Å². The number of amides is 4. The van der Waals surface area contributed by atoms with Crippen LogP contribution in [0.3, 0.4) is 0 Å². The molecule has 2 saturated heterocycles. The zero-order chi connectivity index (χ0) is 36.2. The number of carbonyl (C=O) groups is 4. The highest BCUT2D eigenvalue weighted by atomic mass is 16.5. The van der Waals surface area contributed by atoms with Crippen LogP contribution in [0.4, 0.5) is 9.59 Å². The summed E-state index contributed by atoms with van der Waals surface area (Å²) in [5.41, 5.74) is 5.54. The zero-order valence-corrected chi connectivity index (χ0v) is 29.7. The molecule has 14 heteroatoms. The van der Waals surface area contributed by atoms with Crippen LogP contribution in [0.15, 0.2) is 48.7 Å². The minimum atomic E-state index is -0.692. The Balaban J connectivity index is 1.15. The molecule has 2 fully saturated rings. The molecule has 51 heavy (non-hydrogen) atoms. The lowest BCUT2D eigenvalue weighted by Gasteiger charge is -2.29. The number of fused-ring (bicyclic) bond motifs is 1. The quantitative estimate of drug-likeness (QED) is 0.169. The van der Waals surface area contributed by atoms with Crippen LogP contribution < -0.4 is 10.6 Å². The predicted molar refractivity (Wildman–Crippen MR) is 190 cm³/mol. The highest BCUT2D eigenvalue weighted by Gasteiger charge is 2.38. The Kier molecular flexibility index (Phi) is 10.6. The molecule has 0 aliphatic carbocycles. The van der Waals surface area contributed by atoms with Gasteiger partial charge in [-0.1, -0.05) is 51.1 Å². The van der Waals surface area contributed by atoms with E-state index < -0.39 is 24.3 Å². The third-order valence-corrected chi connectivity index (χ3v) is 9.90. The van der Waals surface area contributed by atoms with Crippen molar-refractivity contribution < 1.29 is 28.7 Å². The van der Waals surface area contributed by atoms with Crippen LogP contribution in [0.5, 0.6) is 0 Å². The van der Waals surface area contributed by atoms with E-state index in [0.717, 1.165) is 70.7 Å². The van der Waals surface area contributed by atoms with E-state index in [1.807, 2.05) is 49.9 Å². The van der Waals surface area contributed by atoms with Gasteiger partial charge in [0.15, 0.2) is 0 Å². The second-order valence-electron chi connectivity index (χ2n) is 13.4. The topological polar surface area (TPSA) is 175 Å². The lowest BCUT2D eigenvalue weighted by molar-refractivity contribution is -0.135. The van der Waals surface area contributed by atoms with Crippen molar-refractivity contribution in [2.45, 2.75) is 77.0 Å². The van der Waals surface area contributed by atoms with Crippen molar-refractivity contribution in [1.29, 1.82) is 0 Å². The first-order valence-electron chi connectivity index (χ1n) is 17.6. The van der Waals surface area contributed by atoms with E-state index in [2.05, 4.69) is 43.8 Å². The van der Waals surface area contributed by atoms with Gasteiger partial charge in [-0.05, 0) is 66.8 Å². The lowest BCUT2D eigenvalue weighted by Crippen LogP contribution is -2.51. The number of aromatic amines is 2. The Labute approximate surface area is 296 Å². The van der Waals surface area contributed by atoms with Crippen molar-refractivity contribution in [2.75, 3.05) is 27.3 Å². The van der Waals surface area contributed by atoms with E-state index in [1.54, 1.807) is 11.1 Å². The van der Waals surface area contributed by atoms with E-state index in [9.17, 15) is 19.2 Å². The number of nitrogens with zero attached hydrogens (tertiary/aromatic N) is 4. The van der Waals surface area contributed by atoms with Crippen LogP contribution >= 0.6 is 0 Å². The molecule has 2 aliphatic rings. The van der Waals surface area contributed by atoms with Crippen molar-refractivity contribution in [3.63, 3.8) is 0 Å². The van der Waals surface area contributed by atoms with Gasteiger partial charge in [0.1, 0.15) is 23.7 Å². The number of alkyl carbamates (subject to hydrolysis) is 2. The molecule has 0 radical (unpaired) electrons. The SMILES string of the molecule is CC[C@H](NC(=O)OC)C(=O)N1CCC[C@H]1c1ncc(-c2ccc(-c3ccc4nc([C@@H]5CCCN5C(=O)[C@@H](NC(=O)OC)C(C)C)[nH]c4c3)cc2)[nH]1. The Morgan fingerprint density at radius 1 is 0.824 bits per heavy atom. The van der Waals surface area contributed by atoms with Gasteiger partial charge in [-0.3, -0.25) is 9.59 Å². The van der Waals surface area contributed by atoms with Crippen molar-refractivity contribution in [2.24, 2.45) is 5.92 Å². The normalized spacial score (nSPS) is 18.5. The van der Waals surface area contributed by atoms with E-state index >= 15 is 0 Å². The number of ether oxygens (including phenoxy) is 2. The van der Waals surface area contributed by atoms with Crippen LogP contribution in [0, 0.1) is 5.92 Å². The molecule has 4 aromatic rings. The molecule has 0 unspecified atom stereocenters. The number of hydrogen-bond acceptors (Lipinski definition) is 8. The maximum Gasteiger partial charge on any atom is 0.407 e. The predicted octanol–water partition coefficient (Wildman–Crippen LogP) is 5.46. The molecular formula is C37H46N8O6. The molecule has 2 aliphatic heterocycles. The van der Waals surface area contributed by atoms with Crippen molar-refractivity contribution >= 4 is 35.0 Å². The number of methoxy groups -OCH3 is 2. The molecule has 2 aromatic carbocycles. The monoisotopic (exact) mass is 698 g/mol. The highest BCUT2D eigenvalue weighted by molar-refractivity contribution is 5.87. The number of aromatic nitrogens is 4. The number of benzene rings is 2. The molecule has 4 heterocycles. The van der Waals surface area contributed by atoms with Crippen molar-refractivity contribution in [3.05, 3.63) is 60.3 Å². The summed E-state index contributed by atoms with van der Waals surface area (Å²) in [6, 6.07) is 12.5. The fourth-order valence-electron chi connectivity index (χ4n) is 7.11. The van der Waals surface area contributed by atoms with Gasteiger partial charge >= 0.3 is 12.2 Å². The van der Waals surface area contributed by atoms with E-state index in [-0.39, 0.29) is 29.8 Å². The van der Waals surface area contributed by atoms with Gasteiger partial charge in [0.05, 0.1) is 49.2 Å². The summed E-state index contributed by atoms with van der Waals surface area (Å²) >= 11 is 0. The first-order valence-corrected chi connectivity index (χ1v) is 17.6. The fraction of sp³-hybridized carbons (Fsp3) is 0.459. The average molecular weight is 699 g/mol. The van der Waals surface area contributed by atoms with Crippen molar-refractivity contribution in [3.8, 4) is 22.4 Å². The first kappa shape index (κ1) is 35.4. The largest absolute Gasteiger partial charge is 0.453 e. The molecule has 0 saturated carbocycles. The van der Waals surface area contributed by atoms with Gasteiger partial charge < -0.3 is 39.9 Å². The maximum atomic E-state index is 13.6. The van der Waals surface area contributed by atoms with Crippen molar-refractivity contribution in [1.82, 2.24) is 40.4 Å². The molecule has 2 aromatic heterocycles. The van der Waals surface area contributed by atoms with Gasteiger partial charge in [0, 0.05) is 13.1 Å². The standard InChI is InChI=1S/C37H46N8O6/c1-6-25(42-36(48)50-4)34(46)44-17-7-9-29(44)32-38-20-28(41-32)23-13-11-22(12-14-23)24-15-16-26-27(19-24)40-33(39-26)30-10-8-18-45(30)35(47)31(21(2)3)43-37(49)51-5/h11-16,19-21,25,29-31H,6-10,17-18H2,1-5H3,(H,38,41)(H,39,40)(H,42,48)(H,43,49)/t25-,29-,30-,31-/m0/s1. The minimum absolute atomic E-state index is 0.108. The molecular weight excluding hydrogens is 652 g/mol. The number of nitrogens with one attached hydrogen (secondary N) is 4. The molecule has 6 rings (SSSR count). The second kappa shape index (κ2) is 15.2. The maximum absolute atomic E-state index is 13.6. The van der Waals surface area contributed by atoms with Crippen LogP contribution in [0.1, 0.15) is 76.6 Å². The Morgan fingerprint density at radius 3 is 2.08 bits per heavy atom. The summed E-state index contributed by atoms with van der Waals surface area (Å²) in [6.45, 7) is 6.84. The molecule has 0 bridgehead atoms. The fourth-order valence-corrected chi connectivity index (χ4v) is 7.11. The van der Waals surface area contributed by atoms with Crippen LogP contribution in [0.25, 0.3) is 33.4 Å². The second-order valence-corrected chi connectivity index (χ2v) is 13.4. The summed E-state index contributed by atoms with van der Waals surface area (Å²) in [7, 11) is 2.57. The highest BCUT2D eigenvalue weighted by Crippen LogP contribution is 2.35. The zero-order valence-electron chi connectivity index (χ0n) is 29.7. The lowest BCUT2D eigenvalue weighted by atomic mass is 10.0. The molecule has 0 spiro atoms. The van der Waals surface area contributed by atoms with E-state index in [1.165, 1.54) is 14.2 Å². The van der Waals surface area contributed by atoms with Crippen LogP contribution in [-0.4, -0.2) is 93.1 Å². The van der Waals surface area contributed by atoms with Gasteiger partial charge in [-0.25, -0.2) is 19.6 Å². The minimum Gasteiger partial charge on any atom is -0.453 e. The summed E-state index contributed by atoms with van der Waals surface area (Å²) in [5, 5.41) is 5.34. The Hall–Kier alpha value is -5.40. The number of likely N-dealkylation sites (tertiary alicyclic amines) is 2. The number of rotatable bonds is 10. The third kappa shape index (κ3) is 7.40. The molecule has 4 atom stereocenters. The third-order valence-electron chi connectivity index (χ3n) is 9.90. The van der Waals surface area contributed by atoms with Gasteiger partial charge in [-0.15, -0.1) is 0 Å². The average Bonchev–Trinajstić information content (AvgIpc) is 3.97. The number of hydrogen-bond donors (Lipinski definition) is 4. The molecule has 14 nitrogen and oxygen atoms in total. The van der Waals surface area contributed by atoms with Gasteiger partial charge in [0.25, 0.3) is 0 Å². The van der Waals surface area contributed by atoms with Crippen LogP contribution in [0.2, 0.25) is 0 Å². The van der Waals surface area contributed by atoms with Crippen LogP contribution in [-0.2, 0) is 19.1 Å². The summed E-state index contributed by atoms with van der Waals surface area (Å²) in [4.78, 5) is 70.6. The Bertz CT molecular complexity index is 1880. The Morgan fingerprint density at radius 2 is 1.43 bits per heavy atom. The van der Waals surface area contributed by atoms with E-state index in [0.29, 0.717) is 19.5 Å². The van der Waals surface area contributed by atoms with E-state index in [4.69, 9.17) is 14.5 Å². The number of carbonyl (C=O) groups excluding carboxylic acids is 4. The smallest absolute Gasteiger partial charge is 0.407 e. The summed E-state index contributed by atoms with van der Waals surface area (Å²) < 4.78 is 9.46. The molecule has 270 valence electrons. The summed E-state index contributed by atoms with van der Waals surface area (Å²) in [6.07, 6.45) is 4.25. The molecule has 4 N–H and O–H groups in total. The molecule has 4 amide bonds. The first-order chi connectivity index (χ1) is 24.6. The number of imidazole rings is 2. The number of H-pyrrole nitrogens is 2. The summed E-state index contributed by atoms with van der Waals surface area (Å²) in [5.74, 6) is 1.05. The van der Waals surface area contributed by atoms with Gasteiger partial charge in [0.2, 0.25) is 11.8 Å².